The van der Waals surface area contributed by atoms with Gasteiger partial charge in [0.05, 0.1) is 5.52 Å². The van der Waals surface area contributed by atoms with Gasteiger partial charge in [0.1, 0.15) is 0 Å². The second kappa shape index (κ2) is 2.94. The molecule has 0 aliphatic heterocycles. The molecule has 2 aromatic rings. The summed E-state index contributed by atoms with van der Waals surface area (Å²) in [6.07, 6.45) is 1.61. The zero-order valence-electron chi connectivity index (χ0n) is 6.88. The fourth-order valence-corrected chi connectivity index (χ4v) is 2.14. The predicted molar refractivity (Wildman–Crippen MR) is 51.6 cm³/mol. The summed E-state index contributed by atoms with van der Waals surface area (Å²) in [6.45, 7) is 0. The highest BCUT2D eigenvalue weighted by atomic mass is 35.5. The first kappa shape index (κ1) is 9.45. The van der Waals surface area contributed by atoms with Gasteiger partial charge >= 0.3 is 0 Å². The molecular weight excluding hydrogens is 226 g/mol. The molecule has 2 aromatic heterocycles. The fraction of sp³-hybridized carbons (Fsp3) is 0. The number of halogens is 1. The number of fused-ring (bicyclic) bond motifs is 1. The first-order valence-corrected chi connectivity index (χ1v) is 5.58. The zero-order valence-corrected chi connectivity index (χ0v) is 8.46. The van der Waals surface area contributed by atoms with E-state index in [1.807, 2.05) is 0 Å². The number of sulfonamides is 1. The molecule has 2 N–H and O–H groups in total. The van der Waals surface area contributed by atoms with Gasteiger partial charge in [-0.2, -0.15) is 0 Å². The van der Waals surface area contributed by atoms with Crippen LogP contribution < -0.4 is 5.14 Å². The van der Waals surface area contributed by atoms with Gasteiger partial charge in [-0.05, 0) is 23.7 Å². The number of imidazole rings is 1. The summed E-state index contributed by atoms with van der Waals surface area (Å²) in [7, 11) is -3.82. The Bertz CT molecular complexity index is 590. The fourth-order valence-electron chi connectivity index (χ4n) is 1.18. The zero-order chi connectivity index (χ0) is 10.3. The second-order valence-electron chi connectivity index (χ2n) is 2.69. The molecule has 0 fully saturated rings. The van der Waals surface area contributed by atoms with Crippen LogP contribution in [0.4, 0.5) is 0 Å². The summed E-state index contributed by atoms with van der Waals surface area (Å²) in [5.74, 6) is 0. The lowest BCUT2D eigenvalue weighted by atomic mass is 10.4. The molecule has 0 aliphatic carbocycles. The van der Waals surface area contributed by atoms with E-state index in [4.69, 9.17) is 16.7 Å². The van der Waals surface area contributed by atoms with E-state index in [1.54, 1.807) is 24.4 Å². The van der Waals surface area contributed by atoms with E-state index < -0.39 is 10.0 Å². The van der Waals surface area contributed by atoms with Crippen LogP contribution in [0.2, 0.25) is 5.28 Å². The number of rotatable bonds is 1. The normalized spacial score (nSPS) is 12.1. The number of nitrogens with zero attached hydrogens (tertiary/aromatic N) is 2. The van der Waals surface area contributed by atoms with E-state index in [0.717, 1.165) is 0 Å². The van der Waals surface area contributed by atoms with Crippen LogP contribution in [0.3, 0.4) is 0 Å². The van der Waals surface area contributed by atoms with Crippen molar-refractivity contribution in [2.75, 3.05) is 0 Å². The Morgan fingerprint density at radius 2 is 2.14 bits per heavy atom. The van der Waals surface area contributed by atoms with E-state index in [0.29, 0.717) is 5.52 Å². The molecule has 0 unspecified atom stereocenters. The van der Waals surface area contributed by atoms with Gasteiger partial charge in [0, 0.05) is 6.20 Å². The lowest BCUT2D eigenvalue weighted by molar-refractivity contribution is 0.596. The lowest BCUT2D eigenvalue weighted by Crippen LogP contribution is -2.12. The average Bonchev–Trinajstić information content (AvgIpc) is 2.44. The van der Waals surface area contributed by atoms with Crippen molar-refractivity contribution in [1.29, 1.82) is 0 Å². The number of nitrogens with two attached hydrogens (primary N) is 1. The Hall–Kier alpha value is -1.11. The number of pyridine rings is 1. The first-order valence-electron chi connectivity index (χ1n) is 3.65. The van der Waals surface area contributed by atoms with Crippen LogP contribution in [0.1, 0.15) is 0 Å². The Morgan fingerprint density at radius 3 is 2.79 bits per heavy atom. The maximum Gasteiger partial charge on any atom is 0.257 e. The SMILES string of the molecule is NS(=O)(=O)c1nc(Cl)n2ccccc12. The number of aromatic nitrogens is 2. The van der Waals surface area contributed by atoms with Crippen molar-refractivity contribution >= 4 is 27.1 Å². The van der Waals surface area contributed by atoms with Crippen LogP contribution in [0.5, 0.6) is 0 Å². The summed E-state index contributed by atoms with van der Waals surface area (Å²) in [4.78, 5) is 3.68. The predicted octanol–water partition coefficient (Wildman–Crippen LogP) is 0.635. The summed E-state index contributed by atoms with van der Waals surface area (Å²) in [5, 5.41) is 4.84. The van der Waals surface area contributed by atoms with Crippen molar-refractivity contribution in [3.63, 3.8) is 0 Å². The molecule has 0 saturated carbocycles. The van der Waals surface area contributed by atoms with Crippen molar-refractivity contribution in [3.05, 3.63) is 29.7 Å². The molecule has 0 atom stereocenters. The minimum atomic E-state index is -3.82. The van der Waals surface area contributed by atoms with Crippen LogP contribution in [-0.2, 0) is 10.0 Å². The molecule has 0 saturated heterocycles. The molecule has 0 amide bonds. The Morgan fingerprint density at radius 1 is 1.43 bits per heavy atom. The Kier molecular flexibility index (Phi) is 1.99. The average molecular weight is 232 g/mol. The third-order valence-electron chi connectivity index (χ3n) is 1.74. The topological polar surface area (TPSA) is 77.5 Å². The molecule has 74 valence electrons. The van der Waals surface area contributed by atoms with E-state index in [9.17, 15) is 8.42 Å². The van der Waals surface area contributed by atoms with Crippen molar-refractivity contribution in [2.24, 2.45) is 5.14 Å². The maximum absolute atomic E-state index is 11.1. The minimum Gasteiger partial charge on any atom is -0.289 e. The quantitative estimate of drug-likeness (QED) is 0.782. The highest BCUT2D eigenvalue weighted by molar-refractivity contribution is 7.89. The molecule has 0 radical (unpaired) electrons. The Labute approximate surface area is 85.2 Å². The molecule has 14 heavy (non-hydrogen) atoms. The standard InChI is InChI=1S/C7H6ClN3O2S/c8-7-10-6(14(9,12)13)5-3-1-2-4-11(5)7/h1-4H,(H2,9,12,13). The first-order chi connectivity index (χ1) is 6.50. The van der Waals surface area contributed by atoms with E-state index in [1.165, 1.54) is 4.40 Å². The summed E-state index contributed by atoms with van der Waals surface area (Å²) >= 11 is 5.72. The van der Waals surface area contributed by atoms with Gasteiger partial charge in [-0.3, -0.25) is 4.40 Å². The van der Waals surface area contributed by atoms with Gasteiger partial charge in [-0.25, -0.2) is 18.5 Å². The second-order valence-corrected chi connectivity index (χ2v) is 4.50. The van der Waals surface area contributed by atoms with Crippen LogP contribution >= 0.6 is 11.6 Å². The van der Waals surface area contributed by atoms with Crippen molar-refractivity contribution in [2.45, 2.75) is 5.03 Å². The minimum absolute atomic E-state index is 0.0737. The molecule has 0 aliphatic rings. The molecule has 0 bridgehead atoms. The summed E-state index contributed by atoms with van der Waals surface area (Å²) < 4.78 is 23.7. The molecule has 2 heterocycles. The molecule has 7 heteroatoms. The number of hydrogen-bond acceptors (Lipinski definition) is 3. The highest BCUT2D eigenvalue weighted by Crippen LogP contribution is 2.19. The maximum atomic E-state index is 11.1. The van der Waals surface area contributed by atoms with Crippen LogP contribution in [0.25, 0.3) is 5.52 Å². The molecule has 0 spiro atoms. The number of primary sulfonamides is 1. The smallest absolute Gasteiger partial charge is 0.257 e. The third-order valence-corrected chi connectivity index (χ3v) is 2.85. The monoisotopic (exact) mass is 231 g/mol. The van der Waals surface area contributed by atoms with Crippen LogP contribution in [0.15, 0.2) is 29.4 Å². The van der Waals surface area contributed by atoms with E-state index in [2.05, 4.69) is 4.98 Å². The Balaban J connectivity index is 2.93. The highest BCUT2D eigenvalue weighted by Gasteiger charge is 2.18. The molecule has 2 rings (SSSR count). The van der Waals surface area contributed by atoms with Crippen LogP contribution in [-0.4, -0.2) is 17.8 Å². The van der Waals surface area contributed by atoms with Crippen molar-refractivity contribution in [3.8, 4) is 0 Å². The molecule has 0 aromatic carbocycles. The van der Waals surface area contributed by atoms with Gasteiger partial charge < -0.3 is 0 Å². The van der Waals surface area contributed by atoms with E-state index >= 15 is 0 Å². The lowest BCUT2D eigenvalue weighted by Gasteiger charge is -1.94. The number of hydrogen-bond donors (Lipinski definition) is 1. The van der Waals surface area contributed by atoms with Gasteiger partial charge in [0.25, 0.3) is 10.0 Å². The third kappa shape index (κ3) is 1.37. The van der Waals surface area contributed by atoms with Crippen LogP contribution in [0, 0.1) is 0 Å². The summed E-state index contributed by atoms with van der Waals surface area (Å²) in [6, 6.07) is 4.98. The van der Waals surface area contributed by atoms with Gasteiger partial charge in [0.15, 0.2) is 5.03 Å². The van der Waals surface area contributed by atoms with E-state index in [-0.39, 0.29) is 10.3 Å². The van der Waals surface area contributed by atoms with Crippen molar-refractivity contribution < 1.29 is 8.42 Å². The summed E-state index contributed by atoms with van der Waals surface area (Å²) in [5.41, 5.74) is 0.375. The van der Waals surface area contributed by atoms with Gasteiger partial charge in [0.2, 0.25) is 5.28 Å². The van der Waals surface area contributed by atoms with Gasteiger partial charge in [-0.15, -0.1) is 0 Å². The largest absolute Gasteiger partial charge is 0.289 e. The van der Waals surface area contributed by atoms with Crippen molar-refractivity contribution in [1.82, 2.24) is 9.38 Å². The molecular formula is C7H6ClN3O2S. The van der Waals surface area contributed by atoms with Gasteiger partial charge in [-0.1, -0.05) is 6.07 Å². The molecule has 5 nitrogen and oxygen atoms in total.